The van der Waals surface area contributed by atoms with E-state index in [2.05, 4.69) is 0 Å². The van der Waals surface area contributed by atoms with Gasteiger partial charge in [-0.2, -0.15) is 0 Å². The molecule has 0 amide bonds. The van der Waals surface area contributed by atoms with Crippen molar-refractivity contribution in [2.45, 2.75) is 0 Å². The zero-order valence-electron chi connectivity index (χ0n) is 1.82. The fourth-order valence-corrected chi connectivity index (χ4v) is 0. The molecular weight excluding hydrogens is 247 g/mol. The second kappa shape index (κ2) is 16.3. The van der Waals surface area contributed by atoms with Gasteiger partial charge in [0, 0.05) is 41.7 Å². The molecule has 0 rings (SSSR count). The summed E-state index contributed by atoms with van der Waals surface area (Å²) in [6.07, 6.45) is 0. The molecular formula is H3AlCeO2Ti. The molecule has 0 aliphatic carbocycles. The fraction of sp³-hybridized carbons (Fsp3) is 0. The number of rotatable bonds is 0. The predicted octanol–water partition coefficient (Wildman–Crippen LogP) is -1.42. The first kappa shape index (κ1) is 15.7. The topological polar surface area (TPSA) is 34.1 Å². The van der Waals surface area contributed by atoms with Gasteiger partial charge in [0.05, 0.1) is 0 Å². The Morgan fingerprint density at radius 3 is 1.20 bits per heavy atom. The summed E-state index contributed by atoms with van der Waals surface area (Å²) in [5.41, 5.74) is 0. The number of hydrogen-bond acceptors (Lipinski definition) is 2. The Balaban J connectivity index is -0.0000000200. The van der Waals surface area contributed by atoms with E-state index in [0.717, 1.165) is 0 Å². The Bertz CT molecular complexity index is 30.6. The molecule has 0 aromatic rings. The Kier molecular flexibility index (Phi) is 51.3. The molecule has 26 valence electrons. The van der Waals surface area contributed by atoms with E-state index in [1.807, 2.05) is 0 Å². The molecule has 2 nitrogen and oxygen atoms in total. The minimum atomic E-state index is -2.00. The van der Waals surface area contributed by atoms with Gasteiger partial charge < -0.3 is 0 Å². The van der Waals surface area contributed by atoms with Gasteiger partial charge in [-0.1, -0.05) is 0 Å². The molecule has 0 aliphatic rings. The van der Waals surface area contributed by atoms with Crippen LogP contribution in [-0.4, -0.2) is 17.4 Å². The molecule has 0 bridgehead atoms. The summed E-state index contributed by atoms with van der Waals surface area (Å²) in [4.78, 5) is 0. The van der Waals surface area contributed by atoms with Gasteiger partial charge in [0.25, 0.3) is 0 Å². The molecule has 0 aliphatic heterocycles. The Morgan fingerprint density at radius 1 is 1.20 bits per heavy atom. The van der Waals surface area contributed by atoms with Crippen molar-refractivity contribution in [3.63, 3.8) is 0 Å². The predicted molar refractivity (Wildman–Crippen MR) is 11.3 cm³/mol. The molecule has 0 radical (unpaired) electrons. The van der Waals surface area contributed by atoms with Crippen LogP contribution in [0.2, 0.25) is 0 Å². The summed E-state index contributed by atoms with van der Waals surface area (Å²) < 4.78 is 17.0. The zero-order chi connectivity index (χ0) is 2.71. The SMILES string of the molecule is [AlH3].[Ce].[O]=[Ti]=[O]. The molecule has 0 aromatic carbocycles. The van der Waals surface area contributed by atoms with Gasteiger partial charge in [-0.25, -0.2) is 0 Å². The Morgan fingerprint density at radius 2 is 1.20 bits per heavy atom. The molecule has 0 unspecified atom stereocenters. The van der Waals surface area contributed by atoms with Gasteiger partial charge in [-0.15, -0.1) is 0 Å². The summed E-state index contributed by atoms with van der Waals surface area (Å²) in [6.45, 7) is 0. The maximum absolute atomic E-state index is 8.50. The Labute approximate surface area is 83.2 Å². The molecule has 0 spiro atoms. The van der Waals surface area contributed by atoms with Gasteiger partial charge in [-0.3, -0.25) is 0 Å². The van der Waals surface area contributed by atoms with Crippen molar-refractivity contribution in [1.82, 2.24) is 0 Å². The summed E-state index contributed by atoms with van der Waals surface area (Å²) in [6, 6.07) is 0. The van der Waals surface area contributed by atoms with Gasteiger partial charge in [0.15, 0.2) is 17.4 Å². The third-order valence-electron chi connectivity index (χ3n) is 0. The Hall–Kier alpha value is 2.22. The standard InChI is InChI=1S/Al.Ce.2O.Ti.3H. The quantitative estimate of drug-likeness (QED) is 0.494. The summed E-state index contributed by atoms with van der Waals surface area (Å²) in [7, 11) is 0. The average molecular weight is 250 g/mol. The van der Waals surface area contributed by atoms with Crippen molar-refractivity contribution < 1.29 is 67.5 Å². The second-order valence-corrected chi connectivity index (χ2v) is 0.344. The van der Waals surface area contributed by atoms with E-state index < -0.39 is 19.1 Å². The molecule has 0 N–H and O–H groups in total. The summed E-state index contributed by atoms with van der Waals surface area (Å²) >= 11 is -2.00. The van der Waals surface area contributed by atoms with Gasteiger partial charge in [0.2, 0.25) is 0 Å². The van der Waals surface area contributed by atoms with Crippen molar-refractivity contribution in [1.29, 1.82) is 0 Å². The third-order valence-corrected chi connectivity index (χ3v) is 0. The van der Waals surface area contributed by atoms with E-state index >= 15 is 0 Å². The summed E-state index contributed by atoms with van der Waals surface area (Å²) in [5, 5.41) is 0. The third kappa shape index (κ3) is 22.5. The van der Waals surface area contributed by atoms with E-state index in [0.29, 0.717) is 0 Å². The van der Waals surface area contributed by atoms with Crippen LogP contribution in [0.5, 0.6) is 0 Å². The van der Waals surface area contributed by atoms with E-state index in [1.165, 1.54) is 0 Å². The van der Waals surface area contributed by atoms with Crippen molar-refractivity contribution in [3.05, 3.63) is 0 Å². The van der Waals surface area contributed by atoms with Crippen LogP contribution in [0.1, 0.15) is 0 Å². The first-order valence-electron chi connectivity index (χ1n) is 0.408. The molecule has 0 aromatic heterocycles. The first-order chi connectivity index (χ1) is 1.41. The van der Waals surface area contributed by atoms with Crippen LogP contribution in [0.15, 0.2) is 0 Å². The summed E-state index contributed by atoms with van der Waals surface area (Å²) in [5.74, 6) is 0. The molecule has 0 atom stereocenters. The van der Waals surface area contributed by atoms with Gasteiger partial charge >= 0.3 is 25.7 Å². The molecule has 5 heteroatoms. The van der Waals surface area contributed by atoms with Crippen LogP contribution < -0.4 is 0 Å². The minimum absolute atomic E-state index is 0. The monoisotopic (exact) mass is 250 g/mol. The molecule has 0 saturated heterocycles. The molecule has 5 heavy (non-hydrogen) atoms. The van der Waals surface area contributed by atoms with Crippen molar-refractivity contribution in [3.8, 4) is 0 Å². The van der Waals surface area contributed by atoms with Crippen LogP contribution in [0.3, 0.4) is 0 Å². The normalized spacial score (nSPS) is 1.60. The van der Waals surface area contributed by atoms with Crippen molar-refractivity contribution >= 4 is 17.4 Å². The molecule has 0 saturated carbocycles. The number of hydrogen-bond donors (Lipinski definition) is 0. The van der Waals surface area contributed by atoms with Crippen LogP contribution in [0.4, 0.5) is 0 Å². The van der Waals surface area contributed by atoms with Crippen LogP contribution in [0, 0.1) is 41.7 Å². The van der Waals surface area contributed by atoms with Crippen LogP contribution >= 0.6 is 0 Å². The fourth-order valence-electron chi connectivity index (χ4n) is 0. The van der Waals surface area contributed by atoms with Crippen LogP contribution in [-0.2, 0) is 25.7 Å². The second-order valence-electron chi connectivity index (χ2n) is 0.0833. The first-order valence-corrected chi connectivity index (χ1v) is 1.68. The van der Waals surface area contributed by atoms with E-state index in [-0.39, 0.29) is 59.1 Å². The zero-order valence-corrected chi connectivity index (χ0v) is 6.52. The van der Waals surface area contributed by atoms with Gasteiger partial charge in [-0.05, 0) is 0 Å². The van der Waals surface area contributed by atoms with E-state index in [1.54, 1.807) is 0 Å². The van der Waals surface area contributed by atoms with Crippen molar-refractivity contribution in [2.75, 3.05) is 0 Å². The van der Waals surface area contributed by atoms with E-state index in [9.17, 15) is 0 Å². The van der Waals surface area contributed by atoms with Crippen LogP contribution in [0.25, 0.3) is 0 Å². The average Bonchev–Trinajstić information content (AvgIpc) is 0.918. The van der Waals surface area contributed by atoms with Gasteiger partial charge in [0.1, 0.15) is 0 Å². The van der Waals surface area contributed by atoms with Crippen molar-refractivity contribution in [2.24, 2.45) is 0 Å². The maximum atomic E-state index is 8.50. The molecule has 0 heterocycles. The van der Waals surface area contributed by atoms with E-state index in [4.69, 9.17) is 6.65 Å². The molecule has 0 fully saturated rings.